The predicted molar refractivity (Wildman–Crippen MR) is 129 cm³/mol. The van der Waals surface area contributed by atoms with Gasteiger partial charge in [0, 0.05) is 36.1 Å². The first kappa shape index (κ1) is 21.5. The number of carbonyl (C=O) groups excluding carboxylic acids is 1. The minimum atomic E-state index is -0.193. The lowest BCUT2D eigenvalue weighted by molar-refractivity contribution is 0.0951. The number of benzene rings is 2. The van der Waals surface area contributed by atoms with E-state index in [1.807, 2.05) is 78.9 Å². The maximum Gasteiger partial charge on any atom is 0.255 e. The first-order chi connectivity index (χ1) is 15.7. The topological polar surface area (TPSA) is 66.9 Å². The van der Waals surface area contributed by atoms with E-state index in [1.165, 1.54) is 0 Å². The lowest BCUT2D eigenvalue weighted by Crippen LogP contribution is -2.24. The molecule has 2 aromatic carbocycles. The second-order valence-corrected chi connectivity index (χ2v) is 7.68. The molecule has 4 rings (SSSR count). The lowest BCUT2D eigenvalue weighted by Gasteiger charge is -2.14. The van der Waals surface area contributed by atoms with Crippen molar-refractivity contribution in [2.75, 3.05) is 11.9 Å². The number of carbonyl (C=O) groups is 1. The molecular weight excluding hydrogens is 420 g/mol. The van der Waals surface area contributed by atoms with Gasteiger partial charge in [-0.1, -0.05) is 66.2 Å². The van der Waals surface area contributed by atoms with Crippen LogP contribution >= 0.6 is 11.6 Å². The highest BCUT2D eigenvalue weighted by molar-refractivity contribution is 6.31. The number of nitrogens with zero attached hydrogens (tertiary/aromatic N) is 2. The molecule has 0 bridgehead atoms. The van der Waals surface area contributed by atoms with E-state index in [1.54, 1.807) is 12.4 Å². The monoisotopic (exact) mass is 442 g/mol. The van der Waals surface area contributed by atoms with Gasteiger partial charge in [0.05, 0.1) is 11.3 Å². The van der Waals surface area contributed by atoms with E-state index in [0.29, 0.717) is 30.9 Å². The van der Waals surface area contributed by atoms with Crippen LogP contribution in [0.25, 0.3) is 11.3 Å². The van der Waals surface area contributed by atoms with Crippen molar-refractivity contribution in [1.29, 1.82) is 0 Å². The number of hydrogen-bond donors (Lipinski definition) is 2. The van der Waals surface area contributed by atoms with Crippen molar-refractivity contribution < 1.29 is 4.79 Å². The Hall–Kier alpha value is -3.70. The SMILES string of the molecule is O=C(NCc1cccnc1)c1ccc(-c2ccccc2)nc1NCCc1ccccc1Cl. The third-order valence-corrected chi connectivity index (χ3v) is 5.40. The molecule has 2 N–H and O–H groups in total. The van der Waals surface area contributed by atoms with Crippen LogP contribution in [0.1, 0.15) is 21.5 Å². The van der Waals surface area contributed by atoms with Crippen LogP contribution in [0.3, 0.4) is 0 Å². The molecule has 0 fully saturated rings. The molecular formula is C26H23ClN4O. The van der Waals surface area contributed by atoms with Crippen LogP contribution in [0, 0.1) is 0 Å². The molecule has 32 heavy (non-hydrogen) atoms. The Morgan fingerprint density at radius 2 is 1.72 bits per heavy atom. The summed E-state index contributed by atoms with van der Waals surface area (Å²) in [6.07, 6.45) is 4.16. The number of nitrogens with one attached hydrogen (secondary N) is 2. The fourth-order valence-corrected chi connectivity index (χ4v) is 3.57. The van der Waals surface area contributed by atoms with Crippen LogP contribution in [0.5, 0.6) is 0 Å². The summed E-state index contributed by atoms with van der Waals surface area (Å²) in [6, 6.07) is 25.1. The zero-order valence-corrected chi connectivity index (χ0v) is 18.2. The second-order valence-electron chi connectivity index (χ2n) is 7.27. The summed E-state index contributed by atoms with van der Waals surface area (Å²) in [7, 11) is 0. The summed E-state index contributed by atoms with van der Waals surface area (Å²) < 4.78 is 0. The molecule has 2 aromatic heterocycles. The van der Waals surface area contributed by atoms with Crippen molar-refractivity contribution in [3.63, 3.8) is 0 Å². The third kappa shape index (κ3) is 5.50. The maximum absolute atomic E-state index is 12.9. The van der Waals surface area contributed by atoms with Gasteiger partial charge >= 0.3 is 0 Å². The van der Waals surface area contributed by atoms with Crippen LogP contribution in [-0.4, -0.2) is 22.4 Å². The fraction of sp³-hybridized carbons (Fsp3) is 0.115. The van der Waals surface area contributed by atoms with E-state index >= 15 is 0 Å². The van der Waals surface area contributed by atoms with Gasteiger partial charge in [-0.2, -0.15) is 0 Å². The standard InChI is InChI=1S/C26H23ClN4O/c27-23-11-5-4-8-20(23)14-16-29-25-22(26(32)30-18-19-7-6-15-28-17-19)12-13-24(31-25)21-9-2-1-3-10-21/h1-13,15,17H,14,16,18H2,(H,29,31)(H,30,32). The molecule has 160 valence electrons. The van der Waals surface area contributed by atoms with E-state index in [0.717, 1.165) is 27.4 Å². The Kier molecular flexibility index (Phi) is 7.10. The van der Waals surface area contributed by atoms with Gasteiger partial charge in [0.25, 0.3) is 5.91 Å². The van der Waals surface area contributed by atoms with E-state index in [4.69, 9.17) is 16.6 Å². The van der Waals surface area contributed by atoms with Crippen molar-refractivity contribution in [3.05, 3.63) is 113 Å². The molecule has 2 heterocycles. The Labute approximate surface area is 192 Å². The van der Waals surface area contributed by atoms with Gasteiger partial charge in [0.1, 0.15) is 5.82 Å². The average molecular weight is 443 g/mol. The molecule has 0 aliphatic rings. The number of halogens is 1. The quantitative estimate of drug-likeness (QED) is 0.384. The van der Waals surface area contributed by atoms with Gasteiger partial charge in [0.15, 0.2) is 0 Å². The summed E-state index contributed by atoms with van der Waals surface area (Å²) in [5.41, 5.74) is 4.26. The molecule has 5 nitrogen and oxygen atoms in total. The normalized spacial score (nSPS) is 10.5. The zero-order chi connectivity index (χ0) is 22.2. The highest BCUT2D eigenvalue weighted by Crippen LogP contribution is 2.22. The van der Waals surface area contributed by atoms with Crippen molar-refractivity contribution >= 4 is 23.3 Å². The van der Waals surface area contributed by atoms with Crippen molar-refractivity contribution in [3.8, 4) is 11.3 Å². The number of hydrogen-bond acceptors (Lipinski definition) is 4. The molecule has 0 unspecified atom stereocenters. The molecule has 0 spiro atoms. The third-order valence-electron chi connectivity index (χ3n) is 5.03. The summed E-state index contributed by atoms with van der Waals surface area (Å²) in [4.78, 5) is 21.8. The van der Waals surface area contributed by atoms with Gasteiger partial charge in [-0.25, -0.2) is 4.98 Å². The Balaban J connectivity index is 1.54. The molecule has 6 heteroatoms. The number of amides is 1. The molecule has 0 aliphatic carbocycles. The summed E-state index contributed by atoms with van der Waals surface area (Å²) in [5.74, 6) is 0.350. The zero-order valence-electron chi connectivity index (χ0n) is 17.5. The van der Waals surface area contributed by atoms with Crippen LogP contribution in [0.4, 0.5) is 5.82 Å². The van der Waals surface area contributed by atoms with Gasteiger partial charge in [-0.05, 0) is 41.8 Å². The lowest BCUT2D eigenvalue weighted by atomic mass is 10.1. The van der Waals surface area contributed by atoms with E-state index in [2.05, 4.69) is 15.6 Å². The van der Waals surface area contributed by atoms with Crippen LogP contribution in [0.15, 0.2) is 91.3 Å². The van der Waals surface area contributed by atoms with Crippen molar-refractivity contribution in [2.24, 2.45) is 0 Å². The molecule has 0 saturated carbocycles. The van der Waals surface area contributed by atoms with Gasteiger partial charge < -0.3 is 10.6 Å². The molecule has 0 atom stereocenters. The Morgan fingerprint density at radius 1 is 0.906 bits per heavy atom. The molecule has 1 amide bonds. The first-order valence-corrected chi connectivity index (χ1v) is 10.8. The van der Waals surface area contributed by atoms with Gasteiger partial charge in [0.2, 0.25) is 0 Å². The average Bonchev–Trinajstić information content (AvgIpc) is 2.85. The first-order valence-electron chi connectivity index (χ1n) is 10.4. The number of rotatable bonds is 8. The maximum atomic E-state index is 12.9. The van der Waals surface area contributed by atoms with E-state index in [9.17, 15) is 4.79 Å². The van der Waals surface area contributed by atoms with Crippen LogP contribution < -0.4 is 10.6 Å². The summed E-state index contributed by atoms with van der Waals surface area (Å²) in [5, 5.41) is 7.02. The highest BCUT2D eigenvalue weighted by Gasteiger charge is 2.14. The number of pyridine rings is 2. The molecule has 0 radical (unpaired) electrons. The van der Waals surface area contributed by atoms with Gasteiger partial charge in [-0.3, -0.25) is 9.78 Å². The Bertz CT molecular complexity index is 1180. The smallest absolute Gasteiger partial charge is 0.255 e. The minimum absolute atomic E-state index is 0.193. The van der Waals surface area contributed by atoms with E-state index < -0.39 is 0 Å². The van der Waals surface area contributed by atoms with Crippen molar-refractivity contribution in [1.82, 2.24) is 15.3 Å². The summed E-state index contributed by atoms with van der Waals surface area (Å²) in [6.45, 7) is 0.990. The highest BCUT2D eigenvalue weighted by atomic mass is 35.5. The number of anilines is 1. The molecule has 4 aromatic rings. The van der Waals surface area contributed by atoms with Crippen LogP contribution in [0.2, 0.25) is 5.02 Å². The summed E-state index contributed by atoms with van der Waals surface area (Å²) >= 11 is 6.28. The fourth-order valence-electron chi connectivity index (χ4n) is 3.34. The number of aromatic nitrogens is 2. The predicted octanol–water partition coefficient (Wildman–Crippen LogP) is 5.38. The molecule has 0 aliphatic heterocycles. The Morgan fingerprint density at radius 3 is 2.50 bits per heavy atom. The van der Waals surface area contributed by atoms with Gasteiger partial charge in [-0.15, -0.1) is 0 Å². The van der Waals surface area contributed by atoms with Crippen LogP contribution in [-0.2, 0) is 13.0 Å². The second kappa shape index (κ2) is 10.6. The van der Waals surface area contributed by atoms with E-state index in [-0.39, 0.29) is 5.91 Å². The van der Waals surface area contributed by atoms with Crippen molar-refractivity contribution in [2.45, 2.75) is 13.0 Å². The molecule has 0 saturated heterocycles. The minimum Gasteiger partial charge on any atom is -0.369 e. The largest absolute Gasteiger partial charge is 0.369 e.